The molecule has 3 heterocycles. The van der Waals surface area contributed by atoms with Gasteiger partial charge < -0.3 is 19.7 Å². The second-order valence-corrected chi connectivity index (χ2v) is 8.80. The van der Waals surface area contributed by atoms with Crippen molar-refractivity contribution in [2.75, 3.05) is 40.3 Å². The van der Waals surface area contributed by atoms with E-state index in [1.165, 1.54) is 0 Å². The van der Waals surface area contributed by atoms with Gasteiger partial charge >= 0.3 is 0 Å². The molecular weight excluding hydrogens is 412 g/mol. The first-order chi connectivity index (χ1) is 16.1. The number of para-hydroxylation sites is 1. The van der Waals surface area contributed by atoms with Gasteiger partial charge in [-0.3, -0.25) is 4.90 Å². The number of rotatable bonds is 5. The second-order valence-electron chi connectivity index (χ2n) is 8.80. The number of hydrogen-bond acceptors (Lipinski definition) is 5. The molecule has 6 heteroatoms. The Kier molecular flexibility index (Phi) is 6.03. The molecule has 0 unspecified atom stereocenters. The van der Waals surface area contributed by atoms with E-state index in [2.05, 4.69) is 45.0 Å². The minimum absolute atomic E-state index is 0.337. The van der Waals surface area contributed by atoms with Crippen LogP contribution in [0.5, 0.6) is 11.5 Å². The molecule has 1 aliphatic heterocycles. The molecule has 2 N–H and O–H groups in total. The Balaban J connectivity index is 1.44. The van der Waals surface area contributed by atoms with Crippen molar-refractivity contribution in [3.63, 3.8) is 0 Å². The maximum absolute atomic E-state index is 10.8. The van der Waals surface area contributed by atoms with Gasteiger partial charge in [0.15, 0.2) is 0 Å². The number of H-pyrrole nitrogens is 1. The molecule has 1 aliphatic rings. The van der Waals surface area contributed by atoms with Gasteiger partial charge in [-0.2, -0.15) is 0 Å². The van der Waals surface area contributed by atoms with Crippen molar-refractivity contribution in [2.24, 2.45) is 0 Å². The molecular formula is C27H30N4O2. The maximum Gasteiger partial charge on any atom is 0.137 e. The second kappa shape index (κ2) is 9.25. The number of ether oxygens (including phenoxy) is 1. The predicted octanol–water partition coefficient (Wildman–Crippen LogP) is 4.75. The molecule has 0 amide bonds. The van der Waals surface area contributed by atoms with Crippen molar-refractivity contribution in [3.8, 4) is 33.8 Å². The predicted molar refractivity (Wildman–Crippen MR) is 133 cm³/mol. The lowest BCUT2D eigenvalue weighted by Crippen LogP contribution is -2.28. The fourth-order valence-electron chi connectivity index (χ4n) is 4.63. The number of likely N-dealkylation sites (N-methyl/N-ethyl adjacent to an activating group) is 1. The van der Waals surface area contributed by atoms with Gasteiger partial charge in [0, 0.05) is 59.7 Å². The average Bonchev–Trinajstić information content (AvgIpc) is 3.15. The number of phenolic OH excluding ortho intramolecular Hbond substituents is 1. The van der Waals surface area contributed by atoms with Crippen molar-refractivity contribution < 1.29 is 9.84 Å². The molecule has 6 nitrogen and oxygen atoms in total. The zero-order valence-electron chi connectivity index (χ0n) is 19.2. The van der Waals surface area contributed by atoms with Crippen LogP contribution in [0.3, 0.4) is 0 Å². The van der Waals surface area contributed by atoms with Gasteiger partial charge in [-0.05, 0) is 50.3 Å². The highest BCUT2D eigenvalue weighted by Gasteiger charge is 2.16. The Morgan fingerprint density at radius 1 is 1.00 bits per heavy atom. The minimum atomic E-state index is 0.337. The summed E-state index contributed by atoms with van der Waals surface area (Å²) >= 11 is 0. The molecule has 2 aromatic heterocycles. The molecule has 5 rings (SSSR count). The third kappa shape index (κ3) is 4.45. The van der Waals surface area contributed by atoms with Gasteiger partial charge in [0.05, 0.1) is 7.11 Å². The van der Waals surface area contributed by atoms with Crippen molar-refractivity contribution in [3.05, 3.63) is 66.5 Å². The number of aromatic amines is 1. The van der Waals surface area contributed by atoms with Crippen LogP contribution in [0.4, 0.5) is 0 Å². The van der Waals surface area contributed by atoms with Crippen LogP contribution in [0.1, 0.15) is 12.0 Å². The zero-order valence-corrected chi connectivity index (χ0v) is 19.2. The van der Waals surface area contributed by atoms with E-state index in [9.17, 15) is 5.11 Å². The largest absolute Gasteiger partial charge is 0.508 e. The standard InChI is InChI=1S/C27H30N4O2/c1-30-10-5-11-31(13-12-30)18-20-9-8-19(15-25(20)32)21-14-23-24(17-29-27(23)28-16-21)22-6-3-4-7-26(22)33-2/h3-4,6-9,14-17,32H,5,10-13,18H2,1-2H3,(H,28,29). The third-order valence-corrected chi connectivity index (χ3v) is 6.55. The normalized spacial score (nSPS) is 15.6. The lowest BCUT2D eigenvalue weighted by molar-refractivity contribution is 0.266. The smallest absolute Gasteiger partial charge is 0.137 e. The number of phenols is 1. The highest BCUT2D eigenvalue weighted by molar-refractivity contribution is 5.97. The highest BCUT2D eigenvalue weighted by atomic mass is 16.5. The molecule has 0 bridgehead atoms. The van der Waals surface area contributed by atoms with E-state index in [0.29, 0.717) is 5.75 Å². The summed E-state index contributed by atoms with van der Waals surface area (Å²) in [6, 6.07) is 16.1. The van der Waals surface area contributed by atoms with Crippen LogP contribution >= 0.6 is 0 Å². The Hall–Kier alpha value is -3.35. The minimum Gasteiger partial charge on any atom is -0.508 e. The molecule has 1 fully saturated rings. The molecule has 0 spiro atoms. The summed E-state index contributed by atoms with van der Waals surface area (Å²) in [4.78, 5) is 12.7. The van der Waals surface area contributed by atoms with E-state index in [4.69, 9.17) is 4.74 Å². The molecule has 170 valence electrons. The number of aromatic nitrogens is 2. The summed E-state index contributed by atoms with van der Waals surface area (Å²) in [5.41, 5.74) is 5.78. The molecule has 33 heavy (non-hydrogen) atoms. The zero-order chi connectivity index (χ0) is 22.8. The molecule has 0 saturated carbocycles. The fourth-order valence-corrected chi connectivity index (χ4v) is 4.63. The van der Waals surface area contributed by atoms with Crippen LogP contribution < -0.4 is 4.74 Å². The number of pyridine rings is 1. The average molecular weight is 443 g/mol. The van der Waals surface area contributed by atoms with Gasteiger partial charge in [0.1, 0.15) is 17.1 Å². The third-order valence-electron chi connectivity index (χ3n) is 6.55. The molecule has 0 atom stereocenters. The molecule has 1 saturated heterocycles. The van der Waals surface area contributed by atoms with E-state index >= 15 is 0 Å². The maximum atomic E-state index is 10.8. The van der Waals surface area contributed by atoms with Crippen LogP contribution in [-0.4, -0.2) is 65.2 Å². The van der Waals surface area contributed by atoms with Gasteiger partial charge in [0.25, 0.3) is 0 Å². The lowest BCUT2D eigenvalue weighted by Gasteiger charge is -2.21. The highest BCUT2D eigenvalue weighted by Crippen LogP contribution is 2.36. The van der Waals surface area contributed by atoms with Crippen LogP contribution in [0.2, 0.25) is 0 Å². The molecule has 2 aromatic carbocycles. The first kappa shape index (κ1) is 21.5. The number of hydrogen-bond donors (Lipinski definition) is 2. The van der Waals surface area contributed by atoms with E-state index < -0.39 is 0 Å². The SMILES string of the molecule is COc1ccccc1-c1c[nH]c2ncc(-c3ccc(CN4CCCN(C)CC4)c(O)c3)cc12. The van der Waals surface area contributed by atoms with E-state index in [1.54, 1.807) is 7.11 Å². The molecule has 4 aromatic rings. The summed E-state index contributed by atoms with van der Waals surface area (Å²) in [6.45, 7) is 5.05. The monoisotopic (exact) mass is 442 g/mol. The molecule has 0 aliphatic carbocycles. The first-order valence-electron chi connectivity index (χ1n) is 11.5. The first-order valence-corrected chi connectivity index (χ1v) is 11.5. The summed E-state index contributed by atoms with van der Waals surface area (Å²) in [6.07, 6.45) is 4.98. The Morgan fingerprint density at radius 3 is 2.73 bits per heavy atom. The Labute approximate surface area is 194 Å². The topological polar surface area (TPSA) is 64.6 Å². The summed E-state index contributed by atoms with van der Waals surface area (Å²) in [5, 5.41) is 11.8. The van der Waals surface area contributed by atoms with Gasteiger partial charge in [-0.25, -0.2) is 4.98 Å². The van der Waals surface area contributed by atoms with Crippen molar-refractivity contribution >= 4 is 11.0 Å². The number of nitrogens with zero attached hydrogens (tertiary/aromatic N) is 3. The Bertz CT molecular complexity index is 1270. The number of benzene rings is 2. The molecule has 0 radical (unpaired) electrons. The van der Waals surface area contributed by atoms with Crippen molar-refractivity contribution in [1.29, 1.82) is 0 Å². The van der Waals surface area contributed by atoms with Gasteiger partial charge in [-0.1, -0.05) is 30.3 Å². The van der Waals surface area contributed by atoms with E-state index in [1.807, 2.05) is 42.7 Å². The number of nitrogens with one attached hydrogen (secondary N) is 1. The van der Waals surface area contributed by atoms with Gasteiger partial charge in [0.2, 0.25) is 0 Å². The Morgan fingerprint density at radius 2 is 1.88 bits per heavy atom. The van der Waals surface area contributed by atoms with Crippen molar-refractivity contribution in [1.82, 2.24) is 19.8 Å². The van der Waals surface area contributed by atoms with Crippen LogP contribution in [0, 0.1) is 0 Å². The summed E-state index contributed by atoms with van der Waals surface area (Å²) in [5.74, 6) is 1.16. The van der Waals surface area contributed by atoms with Crippen LogP contribution in [-0.2, 0) is 6.54 Å². The van der Waals surface area contributed by atoms with E-state index in [0.717, 1.165) is 83.7 Å². The number of methoxy groups -OCH3 is 1. The van der Waals surface area contributed by atoms with Crippen LogP contribution in [0.15, 0.2) is 60.9 Å². The van der Waals surface area contributed by atoms with E-state index in [-0.39, 0.29) is 0 Å². The number of aromatic hydroxyl groups is 1. The van der Waals surface area contributed by atoms with Gasteiger partial charge in [-0.15, -0.1) is 0 Å². The summed E-state index contributed by atoms with van der Waals surface area (Å²) < 4.78 is 5.56. The summed E-state index contributed by atoms with van der Waals surface area (Å²) in [7, 11) is 3.86. The lowest BCUT2D eigenvalue weighted by atomic mass is 10.0. The number of fused-ring (bicyclic) bond motifs is 1. The fraction of sp³-hybridized carbons (Fsp3) is 0.296. The van der Waals surface area contributed by atoms with Crippen LogP contribution in [0.25, 0.3) is 33.3 Å². The quantitative estimate of drug-likeness (QED) is 0.467. The van der Waals surface area contributed by atoms with Crippen molar-refractivity contribution in [2.45, 2.75) is 13.0 Å².